The molecule has 0 rings (SSSR count). The van der Waals surface area contributed by atoms with Gasteiger partial charge >= 0.3 is 130 Å². The normalized spacial score (nSPS) is 13.7. The SMILES string of the molecule is CCC[CH2][Sn]([CH2]CCC)([CH2]CCC)[C@H](O)CCSC. The summed E-state index contributed by atoms with van der Waals surface area (Å²) in [6.07, 6.45) is 11.2. The Bertz CT molecular complexity index is 177. The molecular formula is C16H36OSSn. The molecule has 0 aliphatic carbocycles. The van der Waals surface area contributed by atoms with Crippen LogP contribution in [0.1, 0.15) is 65.7 Å². The number of aliphatic hydroxyl groups is 1. The van der Waals surface area contributed by atoms with E-state index in [4.69, 9.17) is 0 Å². The minimum absolute atomic E-state index is 0.117. The van der Waals surface area contributed by atoms with Crippen LogP contribution in [-0.4, -0.2) is 39.6 Å². The fourth-order valence-corrected chi connectivity index (χ4v) is 20.3. The van der Waals surface area contributed by atoms with Gasteiger partial charge in [-0.15, -0.1) is 0 Å². The molecule has 0 amide bonds. The number of unbranched alkanes of at least 4 members (excludes halogenated alkanes) is 3. The molecule has 19 heavy (non-hydrogen) atoms. The van der Waals surface area contributed by atoms with Crippen LogP contribution in [0, 0.1) is 0 Å². The van der Waals surface area contributed by atoms with Crippen LogP contribution in [0.2, 0.25) is 13.3 Å². The molecule has 0 spiro atoms. The summed E-state index contributed by atoms with van der Waals surface area (Å²) >= 11 is -0.417. The van der Waals surface area contributed by atoms with E-state index >= 15 is 0 Å². The van der Waals surface area contributed by atoms with Crippen LogP contribution >= 0.6 is 11.8 Å². The first kappa shape index (κ1) is 20.1. The molecule has 0 saturated carbocycles. The number of thioether (sulfide) groups is 1. The summed E-state index contributed by atoms with van der Waals surface area (Å²) in [5, 5.41) is 10.9. The summed E-state index contributed by atoms with van der Waals surface area (Å²) < 4.78 is 4.41. The number of hydrogen-bond donors (Lipinski definition) is 1. The van der Waals surface area contributed by atoms with Crippen molar-refractivity contribution < 1.29 is 5.11 Å². The van der Waals surface area contributed by atoms with Gasteiger partial charge in [0.15, 0.2) is 0 Å². The zero-order valence-corrected chi connectivity index (χ0v) is 17.4. The van der Waals surface area contributed by atoms with Crippen LogP contribution < -0.4 is 0 Å². The Morgan fingerprint density at radius 1 is 0.895 bits per heavy atom. The minimum atomic E-state index is -2.31. The van der Waals surface area contributed by atoms with Crippen molar-refractivity contribution >= 4 is 30.1 Å². The van der Waals surface area contributed by atoms with Gasteiger partial charge in [0.2, 0.25) is 0 Å². The monoisotopic (exact) mass is 396 g/mol. The van der Waals surface area contributed by atoms with Crippen molar-refractivity contribution in [2.75, 3.05) is 12.0 Å². The molecule has 0 unspecified atom stereocenters. The fourth-order valence-electron chi connectivity index (χ4n) is 3.00. The van der Waals surface area contributed by atoms with Crippen molar-refractivity contribution in [1.82, 2.24) is 0 Å². The van der Waals surface area contributed by atoms with E-state index in [0.29, 0.717) is 0 Å². The third kappa shape index (κ3) is 8.21. The van der Waals surface area contributed by atoms with Crippen LogP contribution in [0.15, 0.2) is 0 Å². The summed E-state index contributed by atoms with van der Waals surface area (Å²) in [4.78, 5) is 0. The van der Waals surface area contributed by atoms with E-state index in [0.717, 1.165) is 12.2 Å². The molecule has 0 saturated heterocycles. The summed E-state index contributed by atoms with van der Waals surface area (Å²) in [5.41, 5.74) is 0. The third-order valence-corrected chi connectivity index (χ3v) is 21.4. The molecule has 0 fully saturated rings. The van der Waals surface area contributed by atoms with Gasteiger partial charge in [-0.1, -0.05) is 0 Å². The quantitative estimate of drug-likeness (QED) is 0.417. The molecule has 0 aromatic heterocycles. The second-order valence-corrected chi connectivity index (χ2v) is 20.9. The van der Waals surface area contributed by atoms with Crippen molar-refractivity contribution in [3.8, 4) is 0 Å². The van der Waals surface area contributed by atoms with E-state index < -0.39 is 18.4 Å². The second-order valence-electron chi connectivity index (χ2n) is 5.97. The first-order valence-electron chi connectivity index (χ1n) is 8.33. The van der Waals surface area contributed by atoms with Gasteiger partial charge in [-0.2, -0.15) is 0 Å². The van der Waals surface area contributed by atoms with E-state index in [1.54, 1.807) is 0 Å². The van der Waals surface area contributed by atoms with Gasteiger partial charge in [0.25, 0.3) is 0 Å². The van der Waals surface area contributed by atoms with E-state index in [1.165, 1.54) is 51.8 Å². The molecule has 1 atom stereocenters. The first-order chi connectivity index (χ1) is 9.16. The van der Waals surface area contributed by atoms with Crippen molar-refractivity contribution in [2.24, 2.45) is 0 Å². The maximum atomic E-state index is 10.9. The van der Waals surface area contributed by atoms with Crippen molar-refractivity contribution in [3.63, 3.8) is 0 Å². The van der Waals surface area contributed by atoms with Gasteiger partial charge < -0.3 is 0 Å². The van der Waals surface area contributed by atoms with Gasteiger partial charge in [0.05, 0.1) is 0 Å². The zero-order valence-electron chi connectivity index (χ0n) is 13.7. The van der Waals surface area contributed by atoms with E-state index in [-0.39, 0.29) is 4.12 Å². The van der Waals surface area contributed by atoms with Crippen LogP contribution in [0.5, 0.6) is 0 Å². The molecule has 0 aliphatic heterocycles. The summed E-state index contributed by atoms with van der Waals surface area (Å²) in [5.74, 6) is 1.14. The van der Waals surface area contributed by atoms with Crippen molar-refractivity contribution in [2.45, 2.75) is 83.1 Å². The predicted molar refractivity (Wildman–Crippen MR) is 93.9 cm³/mol. The van der Waals surface area contributed by atoms with Gasteiger partial charge in [0, 0.05) is 0 Å². The second kappa shape index (κ2) is 12.8. The van der Waals surface area contributed by atoms with Gasteiger partial charge in [-0.25, -0.2) is 0 Å². The molecule has 1 N–H and O–H groups in total. The van der Waals surface area contributed by atoms with Gasteiger partial charge in [0.1, 0.15) is 0 Å². The Kier molecular flexibility index (Phi) is 13.6. The van der Waals surface area contributed by atoms with Crippen LogP contribution in [0.25, 0.3) is 0 Å². The van der Waals surface area contributed by atoms with Gasteiger partial charge in [-0.05, 0) is 0 Å². The van der Waals surface area contributed by atoms with Crippen molar-refractivity contribution in [1.29, 1.82) is 0 Å². The molecule has 1 nitrogen and oxygen atoms in total. The molecule has 0 radical (unpaired) electrons. The summed E-state index contributed by atoms with van der Waals surface area (Å²) in [7, 11) is 0. The number of hydrogen-bond acceptors (Lipinski definition) is 2. The third-order valence-electron chi connectivity index (χ3n) is 4.39. The summed E-state index contributed by atoms with van der Waals surface area (Å²) in [6.45, 7) is 6.89. The van der Waals surface area contributed by atoms with Crippen LogP contribution in [-0.2, 0) is 0 Å². The number of aliphatic hydroxyl groups excluding tert-OH is 1. The molecule has 116 valence electrons. The average molecular weight is 395 g/mol. The van der Waals surface area contributed by atoms with E-state index in [9.17, 15) is 5.11 Å². The van der Waals surface area contributed by atoms with Crippen LogP contribution in [0.3, 0.4) is 0 Å². The topological polar surface area (TPSA) is 20.2 Å². The molecule has 3 heteroatoms. The molecule has 0 aliphatic rings. The number of rotatable bonds is 13. The zero-order chi connectivity index (χ0) is 14.6. The Labute approximate surface area is 130 Å². The fraction of sp³-hybridized carbons (Fsp3) is 1.00. The summed E-state index contributed by atoms with van der Waals surface area (Å²) in [6, 6.07) is 0. The average Bonchev–Trinajstić information content (AvgIpc) is 2.44. The molecule has 0 aromatic rings. The molecule has 0 bridgehead atoms. The maximum absolute atomic E-state index is 10.9. The van der Waals surface area contributed by atoms with Gasteiger partial charge in [-0.3, -0.25) is 0 Å². The Balaban J connectivity index is 4.73. The Hall–Kier alpha value is 1.11. The standard InChI is InChI=1S/C4H9OS.3C4H9.Sn/c1-6-4-2-3-5;3*1-3-4-2;/h3,5H,2,4H2,1H3;3*1,3-4H2,2H3;. The Morgan fingerprint density at radius 2 is 1.32 bits per heavy atom. The Morgan fingerprint density at radius 3 is 1.63 bits per heavy atom. The van der Waals surface area contributed by atoms with E-state index in [1.807, 2.05) is 11.8 Å². The molecular weight excluding hydrogens is 359 g/mol. The van der Waals surface area contributed by atoms with Crippen LogP contribution in [0.4, 0.5) is 0 Å². The van der Waals surface area contributed by atoms with E-state index in [2.05, 4.69) is 27.0 Å². The van der Waals surface area contributed by atoms with Crippen molar-refractivity contribution in [3.05, 3.63) is 0 Å². The predicted octanol–water partition coefficient (Wildman–Crippen LogP) is 5.49. The molecule has 0 heterocycles. The first-order valence-corrected chi connectivity index (χ1v) is 17.4. The molecule has 0 aromatic carbocycles.